The van der Waals surface area contributed by atoms with Crippen molar-refractivity contribution in [1.82, 2.24) is 5.32 Å². The van der Waals surface area contributed by atoms with Gasteiger partial charge in [-0.2, -0.15) is 0 Å². The molecule has 1 unspecified atom stereocenters. The molecule has 0 aliphatic rings. The van der Waals surface area contributed by atoms with Gasteiger partial charge in [0.1, 0.15) is 0 Å². The van der Waals surface area contributed by atoms with Crippen molar-refractivity contribution >= 4 is 23.5 Å². The molecule has 1 rings (SSSR count). The van der Waals surface area contributed by atoms with Crippen LogP contribution in [0.25, 0.3) is 0 Å². The first-order valence-electron chi connectivity index (χ1n) is 7.38. The van der Waals surface area contributed by atoms with Gasteiger partial charge in [-0.3, -0.25) is 0 Å². The van der Waals surface area contributed by atoms with Crippen LogP contribution in [0, 0.1) is 6.92 Å². The quantitative estimate of drug-likeness (QED) is 0.563. The second-order valence-corrected chi connectivity index (χ2v) is 6.55. The predicted molar refractivity (Wildman–Crippen MR) is 90.3 cm³/mol. The van der Waals surface area contributed by atoms with Crippen molar-refractivity contribution in [3.05, 3.63) is 23.8 Å². The van der Waals surface area contributed by atoms with Crippen LogP contribution in [-0.2, 0) is 4.74 Å². The summed E-state index contributed by atoms with van der Waals surface area (Å²) in [7, 11) is 1.66. The Kier molecular flexibility index (Phi) is 8.23. The van der Waals surface area contributed by atoms with Crippen LogP contribution < -0.4 is 10.6 Å². The highest BCUT2D eigenvalue weighted by atomic mass is 32.2. The summed E-state index contributed by atoms with van der Waals surface area (Å²) < 4.78 is 4.94. The summed E-state index contributed by atoms with van der Waals surface area (Å²) in [6.45, 7) is 7.69. The lowest BCUT2D eigenvalue weighted by molar-refractivity contribution is 0.194. The van der Waals surface area contributed by atoms with Crippen LogP contribution in [0.3, 0.4) is 0 Å². The Balaban J connectivity index is 2.50. The fourth-order valence-corrected chi connectivity index (χ4v) is 2.77. The van der Waals surface area contributed by atoms with Gasteiger partial charge >= 0.3 is 6.03 Å². The van der Waals surface area contributed by atoms with Gasteiger partial charge in [-0.1, -0.05) is 13.8 Å². The molecule has 0 fully saturated rings. The van der Waals surface area contributed by atoms with Crippen LogP contribution >= 0.6 is 11.8 Å². The molecule has 118 valence electrons. The molecule has 0 aliphatic heterocycles. The topological polar surface area (TPSA) is 50.4 Å². The summed E-state index contributed by atoms with van der Waals surface area (Å²) in [6, 6.07) is 5.98. The largest absolute Gasteiger partial charge is 0.385 e. The maximum atomic E-state index is 11.8. The molecule has 0 heterocycles. The maximum Gasteiger partial charge on any atom is 0.319 e. The molecular formula is C16H26N2O2S. The van der Waals surface area contributed by atoms with Crippen LogP contribution in [-0.4, -0.2) is 31.5 Å². The van der Waals surface area contributed by atoms with E-state index in [1.54, 1.807) is 7.11 Å². The van der Waals surface area contributed by atoms with Gasteiger partial charge in [-0.05, 0) is 43.5 Å². The summed E-state index contributed by atoms with van der Waals surface area (Å²) in [5.41, 5.74) is 1.93. The third-order valence-electron chi connectivity index (χ3n) is 3.17. The Morgan fingerprint density at radius 1 is 1.43 bits per heavy atom. The first-order valence-corrected chi connectivity index (χ1v) is 8.25. The highest BCUT2D eigenvalue weighted by Gasteiger charge is 2.07. The van der Waals surface area contributed by atoms with Crippen molar-refractivity contribution in [3.63, 3.8) is 0 Å². The van der Waals surface area contributed by atoms with Gasteiger partial charge in [0.2, 0.25) is 0 Å². The third kappa shape index (κ3) is 6.87. The molecule has 5 heteroatoms. The van der Waals surface area contributed by atoms with Crippen LogP contribution in [0.5, 0.6) is 0 Å². The molecule has 1 aromatic carbocycles. The molecule has 0 aliphatic carbocycles. The number of benzene rings is 1. The number of thioether (sulfide) groups is 1. The summed E-state index contributed by atoms with van der Waals surface area (Å²) in [5.74, 6) is 0. The minimum Gasteiger partial charge on any atom is -0.385 e. The van der Waals surface area contributed by atoms with Gasteiger partial charge < -0.3 is 15.4 Å². The molecule has 2 amide bonds. The Hall–Kier alpha value is -1.20. The second-order valence-electron chi connectivity index (χ2n) is 5.04. The van der Waals surface area contributed by atoms with Crippen LogP contribution in [0.1, 0.15) is 32.3 Å². The van der Waals surface area contributed by atoms with Gasteiger partial charge in [0.15, 0.2) is 0 Å². The normalized spacial score (nSPS) is 12.0. The SMILES string of the molecule is CCC(C)Sc1ccc(NC(=O)NCCCOC)c(C)c1. The molecule has 1 aromatic rings. The molecule has 21 heavy (non-hydrogen) atoms. The Morgan fingerprint density at radius 3 is 2.81 bits per heavy atom. The molecule has 0 radical (unpaired) electrons. The highest BCUT2D eigenvalue weighted by Crippen LogP contribution is 2.28. The summed E-state index contributed by atoms with van der Waals surface area (Å²) in [4.78, 5) is 13.0. The first kappa shape index (κ1) is 17.9. The number of carbonyl (C=O) groups excluding carboxylic acids is 1. The van der Waals surface area contributed by atoms with Crippen LogP contribution in [0.15, 0.2) is 23.1 Å². The van der Waals surface area contributed by atoms with Gasteiger partial charge in [0.05, 0.1) is 0 Å². The number of rotatable bonds is 8. The van der Waals surface area contributed by atoms with Crippen molar-refractivity contribution < 1.29 is 9.53 Å². The number of aryl methyl sites for hydroxylation is 1. The van der Waals surface area contributed by atoms with E-state index in [2.05, 4.69) is 36.6 Å². The molecule has 0 saturated heterocycles. The fourth-order valence-electron chi connectivity index (χ4n) is 1.75. The molecule has 2 N–H and O–H groups in total. The average molecular weight is 310 g/mol. The number of anilines is 1. The van der Waals surface area contributed by atoms with E-state index in [0.717, 1.165) is 24.1 Å². The minimum atomic E-state index is -0.170. The summed E-state index contributed by atoms with van der Waals surface area (Å²) in [5, 5.41) is 6.30. The van der Waals surface area contributed by atoms with E-state index < -0.39 is 0 Å². The third-order valence-corrected chi connectivity index (χ3v) is 4.43. The second kappa shape index (κ2) is 9.68. The number of amides is 2. The smallest absolute Gasteiger partial charge is 0.319 e. The van der Waals surface area contributed by atoms with E-state index in [0.29, 0.717) is 18.4 Å². The van der Waals surface area contributed by atoms with E-state index >= 15 is 0 Å². The van der Waals surface area contributed by atoms with Gasteiger partial charge in [0.25, 0.3) is 0 Å². The van der Waals surface area contributed by atoms with E-state index in [9.17, 15) is 4.79 Å². The van der Waals surface area contributed by atoms with Crippen molar-refractivity contribution in [2.75, 3.05) is 25.6 Å². The zero-order chi connectivity index (χ0) is 15.7. The summed E-state index contributed by atoms with van der Waals surface area (Å²) >= 11 is 1.86. The number of nitrogens with one attached hydrogen (secondary N) is 2. The van der Waals surface area contributed by atoms with Gasteiger partial charge in [-0.15, -0.1) is 11.8 Å². The lowest BCUT2D eigenvalue weighted by Gasteiger charge is -2.13. The first-order chi connectivity index (χ1) is 10.1. The minimum absolute atomic E-state index is 0.170. The van der Waals surface area contributed by atoms with Crippen molar-refractivity contribution in [3.8, 4) is 0 Å². The van der Waals surface area contributed by atoms with E-state index in [1.165, 1.54) is 4.90 Å². The zero-order valence-corrected chi connectivity index (χ0v) is 14.2. The maximum absolute atomic E-state index is 11.8. The standard InChI is InChI=1S/C16H26N2O2S/c1-5-13(3)21-14-7-8-15(12(2)11-14)18-16(19)17-9-6-10-20-4/h7-8,11,13H,5-6,9-10H2,1-4H3,(H2,17,18,19). The average Bonchev–Trinajstić information content (AvgIpc) is 2.46. The Bertz CT molecular complexity index is 452. The fraction of sp³-hybridized carbons (Fsp3) is 0.562. The lowest BCUT2D eigenvalue weighted by atomic mass is 10.2. The molecule has 0 spiro atoms. The molecule has 1 atom stereocenters. The highest BCUT2D eigenvalue weighted by molar-refractivity contribution is 7.99. The molecule has 0 saturated carbocycles. The monoisotopic (exact) mass is 310 g/mol. The van der Waals surface area contributed by atoms with Crippen molar-refractivity contribution in [2.45, 2.75) is 43.8 Å². The van der Waals surface area contributed by atoms with E-state index in [-0.39, 0.29) is 6.03 Å². The number of carbonyl (C=O) groups is 1. The predicted octanol–water partition coefficient (Wildman–Crippen LogP) is 4.04. The number of ether oxygens (including phenoxy) is 1. The number of urea groups is 1. The molecule has 0 aromatic heterocycles. The zero-order valence-electron chi connectivity index (χ0n) is 13.4. The van der Waals surface area contributed by atoms with E-state index in [4.69, 9.17) is 4.74 Å². The van der Waals surface area contributed by atoms with Gasteiger partial charge in [0, 0.05) is 36.1 Å². The molecule has 0 bridgehead atoms. The Labute approximate surface area is 132 Å². The number of methoxy groups -OCH3 is 1. The van der Waals surface area contributed by atoms with Crippen molar-refractivity contribution in [2.24, 2.45) is 0 Å². The Morgan fingerprint density at radius 2 is 2.19 bits per heavy atom. The molecule has 4 nitrogen and oxygen atoms in total. The number of hydrogen-bond acceptors (Lipinski definition) is 3. The number of hydrogen-bond donors (Lipinski definition) is 2. The van der Waals surface area contributed by atoms with E-state index in [1.807, 2.05) is 24.8 Å². The van der Waals surface area contributed by atoms with Crippen molar-refractivity contribution in [1.29, 1.82) is 0 Å². The summed E-state index contributed by atoms with van der Waals surface area (Å²) in [6.07, 6.45) is 1.96. The van der Waals surface area contributed by atoms with Crippen LogP contribution in [0.2, 0.25) is 0 Å². The lowest BCUT2D eigenvalue weighted by Crippen LogP contribution is -2.30. The molecular weight excluding hydrogens is 284 g/mol. The van der Waals surface area contributed by atoms with Gasteiger partial charge in [-0.25, -0.2) is 4.79 Å². The van der Waals surface area contributed by atoms with Crippen LogP contribution in [0.4, 0.5) is 10.5 Å².